The normalized spacial score (nSPS) is 10.7. The zero-order chi connectivity index (χ0) is 13.8. The van der Waals surface area contributed by atoms with Gasteiger partial charge in [0.1, 0.15) is 5.02 Å². The number of aromatic nitrogens is 2. The summed E-state index contributed by atoms with van der Waals surface area (Å²) < 4.78 is 1.14. The largest absolute Gasteiger partial charge is 0.394 e. The van der Waals surface area contributed by atoms with Crippen LogP contribution in [-0.4, -0.2) is 21.5 Å². The van der Waals surface area contributed by atoms with E-state index in [1.54, 1.807) is 11.3 Å². The van der Waals surface area contributed by atoms with Crippen LogP contribution in [-0.2, 0) is 13.1 Å². The van der Waals surface area contributed by atoms with Crippen molar-refractivity contribution in [2.75, 3.05) is 11.9 Å². The predicted molar refractivity (Wildman–Crippen MR) is 77.0 cm³/mol. The highest BCUT2D eigenvalue weighted by Gasteiger charge is 2.09. The molecule has 0 saturated heterocycles. The van der Waals surface area contributed by atoms with Crippen molar-refractivity contribution in [3.63, 3.8) is 0 Å². The Balaban J connectivity index is 2.16. The molecule has 0 fully saturated rings. The fourth-order valence-electron chi connectivity index (χ4n) is 1.60. The molecule has 2 aromatic heterocycles. The van der Waals surface area contributed by atoms with E-state index in [9.17, 15) is 4.79 Å². The van der Waals surface area contributed by atoms with E-state index in [1.165, 1.54) is 17.3 Å². The lowest BCUT2D eigenvalue weighted by molar-refractivity contribution is 0.266. The van der Waals surface area contributed by atoms with E-state index in [-0.39, 0.29) is 18.2 Å². The fraction of sp³-hybridized carbons (Fsp3) is 0.333. The van der Waals surface area contributed by atoms with Crippen molar-refractivity contribution in [2.45, 2.75) is 20.0 Å². The lowest BCUT2D eigenvalue weighted by atomic mass is 10.2. The Kier molecular flexibility index (Phi) is 4.57. The Bertz CT molecular complexity index is 624. The van der Waals surface area contributed by atoms with Crippen LogP contribution in [0.1, 0.15) is 11.1 Å². The number of nitrogens with one attached hydrogen (secondary N) is 1. The van der Waals surface area contributed by atoms with Gasteiger partial charge in [0.05, 0.1) is 25.0 Å². The SMILES string of the molecule is Cc1cscc1CNc1cnn(CCO)c(=O)c1Cl. The van der Waals surface area contributed by atoms with Crippen molar-refractivity contribution in [1.82, 2.24) is 9.78 Å². The Labute approximate surface area is 119 Å². The number of aliphatic hydroxyl groups excluding tert-OH is 1. The van der Waals surface area contributed by atoms with Crippen LogP contribution in [0, 0.1) is 6.92 Å². The van der Waals surface area contributed by atoms with Crippen molar-refractivity contribution in [3.05, 3.63) is 43.5 Å². The molecule has 0 aliphatic rings. The molecule has 0 atom stereocenters. The molecule has 7 heteroatoms. The highest BCUT2D eigenvalue weighted by Crippen LogP contribution is 2.19. The minimum absolute atomic E-state index is 0.0938. The second kappa shape index (κ2) is 6.18. The van der Waals surface area contributed by atoms with E-state index in [2.05, 4.69) is 21.2 Å². The van der Waals surface area contributed by atoms with Crippen molar-refractivity contribution < 1.29 is 5.11 Å². The quantitative estimate of drug-likeness (QED) is 0.884. The molecule has 0 spiro atoms. The molecular formula is C12H14ClN3O2S. The summed E-state index contributed by atoms with van der Waals surface area (Å²) in [6.07, 6.45) is 1.50. The van der Waals surface area contributed by atoms with Gasteiger partial charge in [-0.2, -0.15) is 16.4 Å². The zero-order valence-corrected chi connectivity index (χ0v) is 12.0. The maximum Gasteiger partial charge on any atom is 0.287 e. The molecule has 0 aromatic carbocycles. The van der Waals surface area contributed by atoms with Crippen LogP contribution in [0.2, 0.25) is 5.02 Å². The van der Waals surface area contributed by atoms with Gasteiger partial charge in [-0.05, 0) is 28.8 Å². The second-order valence-corrected chi connectivity index (χ2v) is 5.18. The Hall–Kier alpha value is -1.37. The van der Waals surface area contributed by atoms with E-state index in [0.717, 1.165) is 4.68 Å². The summed E-state index contributed by atoms with van der Waals surface area (Å²) >= 11 is 7.63. The maximum absolute atomic E-state index is 11.8. The van der Waals surface area contributed by atoms with Gasteiger partial charge in [-0.15, -0.1) is 0 Å². The Morgan fingerprint density at radius 1 is 1.53 bits per heavy atom. The summed E-state index contributed by atoms with van der Waals surface area (Å²) in [5, 5.41) is 20.1. The number of hydrogen-bond donors (Lipinski definition) is 2. The summed E-state index contributed by atoms with van der Waals surface area (Å²) in [4.78, 5) is 11.8. The van der Waals surface area contributed by atoms with E-state index in [0.29, 0.717) is 12.2 Å². The van der Waals surface area contributed by atoms with Crippen LogP contribution >= 0.6 is 22.9 Å². The van der Waals surface area contributed by atoms with Crippen LogP contribution in [0.3, 0.4) is 0 Å². The van der Waals surface area contributed by atoms with Gasteiger partial charge in [-0.25, -0.2) is 4.68 Å². The molecule has 0 bridgehead atoms. The Morgan fingerprint density at radius 2 is 2.32 bits per heavy atom. The van der Waals surface area contributed by atoms with E-state index >= 15 is 0 Å². The first-order valence-corrected chi connectivity index (χ1v) is 7.07. The highest BCUT2D eigenvalue weighted by molar-refractivity contribution is 7.08. The minimum Gasteiger partial charge on any atom is -0.394 e. The first kappa shape index (κ1) is 14.0. The first-order valence-electron chi connectivity index (χ1n) is 5.75. The van der Waals surface area contributed by atoms with Crippen LogP contribution in [0.5, 0.6) is 0 Å². The molecule has 0 amide bonds. The minimum atomic E-state index is -0.400. The van der Waals surface area contributed by atoms with Crippen molar-refractivity contribution in [3.8, 4) is 0 Å². The molecule has 2 rings (SSSR count). The van der Waals surface area contributed by atoms with Gasteiger partial charge >= 0.3 is 0 Å². The number of hydrogen-bond acceptors (Lipinski definition) is 5. The molecule has 0 aliphatic carbocycles. The second-order valence-electron chi connectivity index (χ2n) is 4.06. The number of aliphatic hydroxyl groups is 1. The standard InChI is InChI=1S/C12H14ClN3O2S/c1-8-6-19-7-9(8)4-14-10-5-15-16(2-3-17)12(18)11(10)13/h5-7,14,17H,2-4H2,1H3. The summed E-state index contributed by atoms with van der Waals surface area (Å²) in [6.45, 7) is 2.62. The van der Waals surface area contributed by atoms with Gasteiger partial charge in [0, 0.05) is 6.54 Å². The Morgan fingerprint density at radius 3 is 2.95 bits per heavy atom. The van der Waals surface area contributed by atoms with Crippen LogP contribution < -0.4 is 10.9 Å². The van der Waals surface area contributed by atoms with E-state index in [1.807, 2.05) is 6.92 Å². The highest BCUT2D eigenvalue weighted by atomic mass is 35.5. The molecule has 0 radical (unpaired) electrons. The van der Waals surface area contributed by atoms with E-state index < -0.39 is 5.56 Å². The third-order valence-corrected chi connectivity index (χ3v) is 4.00. The lowest BCUT2D eigenvalue weighted by Crippen LogP contribution is -2.25. The molecule has 0 unspecified atom stereocenters. The van der Waals surface area contributed by atoms with E-state index in [4.69, 9.17) is 16.7 Å². The maximum atomic E-state index is 11.8. The van der Waals surface area contributed by atoms with Gasteiger partial charge in [-0.3, -0.25) is 4.79 Å². The zero-order valence-electron chi connectivity index (χ0n) is 10.4. The molecule has 2 N–H and O–H groups in total. The third kappa shape index (κ3) is 3.15. The number of rotatable bonds is 5. The molecule has 0 aliphatic heterocycles. The van der Waals surface area contributed by atoms with Gasteiger partial charge < -0.3 is 10.4 Å². The van der Waals surface area contributed by atoms with Gasteiger partial charge in [0.15, 0.2) is 0 Å². The number of anilines is 1. The number of thiophene rings is 1. The van der Waals surface area contributed by atoms with Crippen LogP contribution in [0.15, 0.2) is 21.8 Å². The van der Waals surface area contributed by atoms with Gasteiger partial charge in [0.25, 0.3) is 5.56 Å². The lowest BCUT2D eigenvalue weighted by Gasteiger charge is -2.09. The molecule has 2 heterocycles. The van der Waals surface area contributed by atoms with Gasteiger partial charge in [0.2, 0.25) is 0 Å². The number of halogens is 1. The summed E-state index contributed by atoms with van der Waals surface area (Å²) in [7, 11) is 0. The number of nitrogens with zero attached hydrogens (tertiary/aromatic N) is 2. The number of aryl methyl sites for hydroxylation is 1. The smallest absolute Gasteiger partial charge is 0.287 e. The average molecular weight is 300 g/mol. The van der Waals surface area contributed by atoms with Crippen LogP contribution in [0.4, 0.5) is 5.69 Å². The molecule has 5 nitrogen and oxygen atoms in total. The molecular weight excluding hydrogens is 286 g/mol. The fourth-order valence-corrected chi connectivity index (χ4v) is 2.67. The summed E-state index contributed by atoms with van der Waals surface area (Å²) in [6, 6.07) is 0. The predicted octanol–water partition coefficient (Wildman–Crippen LogP) is 1.87. The first-order chi connectivity index (χ1) is 9.13. The molecule has 0 saturated carbocycles. The van der Waals surface area contributed by atoms with Crippen molar-refractivity contribution in [1.29, 1.82) is 0 Å². The topological polar surface area (TPSA) is 67.2 Å². The summed E-state index contributed by atoms with van der Waals surface area (Å²) in [5.74, 6) is 0. The van der Waals surface area contributed by atoms with Crippen molar-refractivity contribution >= 4 is 28.6 Å². The van der Waals surface area contributed by atoms with Crippen LogP contribution in [0.25, 0.3) is 0 Å². The molecule has 2 aromatic rings. The average Bonchev–Trinajstić information content (AvgIpc) is 2.80. The molecule has 102 valence electrons. The summed E-state index contributed by atoms with van der Waals surface area (Å²) in [5.41, 5.74) is 2.48. The van der Waals surface area contributed by atoms with Crippen molar-refractivity contribution in [2.24, 2.45) is 0 Å². The molecule has 19 heavy (non-hydrogen) atoms. The monoisotopic (exact) mass is 299 g/mol. The third-order valence-electron chi connectivity index (χ3n) is 2.73. The van der Waals surface area contributed by atoms with Gasteiger partial charge in [-0.1, -0.05) is 11.6 Å².